The molecule has 2 aromatic carbocycles. The number of rotatable bonds is 13. The number of carbonyl (C=O) groups excluding carboxylic acids is 4. The Bertz CT molecular complexity index is 2480. The van der Waals surface area contributed by atoms with E-state index in [2.05, 4.69) is 20.2 Å². The first kappa shape index (κ1) is 39.3. The van der Waals surface area contributed by atoms with Crippen molar-refractivity contribution in [1.29, 1.82) is 0 Å². The highest BCUT2D eigenvalue weighted by atomic mass is 16.5. The molecule has 6 rings (SSSR count). The molecule has 0 radical (unpaired) electrons. The Hall–Kier alpha value is -6.40. The zero-order chi connectivity index (χ0) is 40.6. The van der Waals surface area contributed by atoms with Crippen LogP contribution in [-0.4, -0.2) is 87.9 Å². The zero-order valence-electron chi connectivity index (χ0n) is 32.7. The number of imidazole rings is 2. The van der Waals surface area contributed by atoms with Gasteiger partial charge in [-0.05, 0) is 76.2 Å². The molecule has 6 aromatic rings. The van der Waals surface area contributed by atoms with Crippen molar-refractivity contribution in [1.82, 2.24) is 37.8 Å². The summed E-state index contributed by atoms with van der Waals surface area (Å²) in [6, 6.07) is 13.4. The van der Waals surface area contributed by atoms with Crippen LogP contribution in [0, 0.1) is 13.8 Å². The number of aryl methyl sites for hydroxylation is 6. The van der Waals surface area contributed by atoms with Gasteiger partial charge < -0.3 is 39.2 Å². The summed E-state index contributed by atoms with van der Waals surface area (Å²) in [5, 5.41) is 8.82. The lowest BCUT2D eigenvalue weighted by Gasteiger charge is -2.26. The van der Waals surface area contributed by atoms with Crippen LogP contribution < -0.4 is 22.7 Å². The van der Waals surface area contributed by atoms with Crippen molar-refractivity contribution in [2.75, 3.05) is 14.2 Å². The number of primary amides is 2. The molecule has 0 aliphatic carbocycles. The number of nitrogens with zero attached hydrogens (tertiary/aromatic N) is 10. The summed E-state index contributed by atoms with van der Waals surface area (Å²) in [5.74, 6) is -2.21. The Morgan fingerprint density at radius 1 is 0.643 bits per heavy atom. The van der Waals surface area contributed by atoms with Gasteiger partial charge in [0, 0.05) is 52.5 Å². The molecular weight excluding hydrogens is 720 g/mol. The topological polar surface area (TPSA) is 219 Å². The van der Waals surface area contributed by atoms with Crippen molar-refractivity contribution in [2.24, 2.45) is 35.5 Å². The average Bonchev–Trinajstić information content (AvgIpc) is 3.90. The molecule has 4 N–H and O–H groups in total. The zero-order valence-corrected chi connectivity index (χ0v) is 32.7. The number of methoxy groups -OCH3 is 2. The molecule has 2 atom stereocenters. The molecule has 0 fully saturated rings. The standard InChI is InChI=1S/C38H46N12O6/c1-9-49-29(15-21(3)43-49)35(53)41-37-45(5)27-17-23(33(39)51)11-13-25(27)47(37)19-31(55-7)32(56-8)20-48-26-14-12-24(34(40)52)18-28(26)46(6)38(48)42-36(54)30-16-22(4)44-50(30)10-2/h11-18,31-32H,9-10,19-20H2,1-8H3,(H2,39,51)(H2,40,52)/t31-,32+. The van der Waals surface area contributed by atoms with Gasteiger partial charge in [-0.25, -0.2) is 0 Å². The summed E-state index contributed by atoms with van der Waals surface area (Å²) < 4.78 is 22.5. The second kappa shape index (κ2) is 15.8. The molecule has 18 nitrogen and oxygen atoms in total. The first-order valence-electron chi connectivity index (χ1n) is 18.0. The second-order valence-corrected chi connectivity index (χ2v) is 13.4. The number of hydrogen-bond donors (Lipinski definition) is 2. The van der Waals surface area contributed by atoms with E-state index < -0.39 is 35.8 Å². The summed E-state index contributed by atoms with van der Waals surface area (Å²) >= 11 is 0. The minimum atomic E-state index is -0.681. The van der Waals surface area contributed by atoms with Crippen molar-refractivity contribution in [2.45, 2.75) is 66.1 Å². The minimum absolute atomic E-state index is 0.137. The lowest BCUT2D eigenvalue weighted by atomic mass is 10.1. The van der Waals surface area contributed by atoms with Gasteiger partial charge in [0.05, 0.1) is 46.5 Å². The van der Waals surface area contributed by atoms with Crippen LogP contribution in [0.3, 0.4) is 0 Å². The quantitative estimate of drug-likeness (QED) is 0.176. The molecule has 0 aliphatic rings. The summed E-state index contributed by atoms with van der Waals surface area (Å²) in [6.45, 7) is 8.61. The summed E-state index contributed by atoms with van der Waals surface area (Å²) in [7, 11) is 6.59. The Morgan fingerprint density at radius 2 is 1.02 bits per heavy atom. The molecule has 18 heteroatoms. The Morgan fingerprint density at radius 3 is 1.34 bits per heavy atom. The van der Waals surface area contributed by atoms with Gasteiger partial charge in [0.25, 0.3) is 11.8 Å². The fourth-order valence-electron chi connectivity index (χ4n) is 7.03. The van der Waals surface area contributed by atoms with E-state index in [1.54, 1.807) is 109 Å². The van der Waals surface area contributed by atoms with E-state index in [-0.39, 0.29) is 35.5 Å². The normalized spacial score (nSPS) is 13.6. The minimum Gasteiger partial charge on any atom is -0.377 e. The first-order valence-corrected chi connectivity index (χ1v) is 18.0. The number of hydrogen-bond acceptors (Lipinski definition) is 8. The van der Waals surface area contributed by atoms with Gasteiger partial charge in [0.15, 0.2) is 0 Å². The number of benzene rings is 2. The molecule has 4 amide bonds. The molecule has 4 heterocycles. The third kappa shape index (κ3) is 7.23. The molecule has 0 bridgehead atoms. The van der Waals surface area contributed by atoms with Crippen molar-refractivity contribution in [3.05, 3.63) is 93.7 Å². The number of carbonyl (C=O) groups is 4. The fraction of sp³-hybridized carbons (Fsp3) is 0.368. The Labute approximate surface area is 321 Å². The van der Waals surface area contributed by atoms with Gasteiger partial charge in [-0.15, -0.1) is 0 Å². The maximum Gasteiger partial charge on any atom is 0.298 e. The molecule has 4 aromatic heterocycles. The highest BCUT2D eigenvalue weighted by Crippen LogP contribution is 2.21. The van der Waals surface area contributed by atoms with Crippen LogP contribution in [0.15, 0.2) is 58.5 Å². The Balaban J connectivity index is 1.49. The van der Waals surface area contributed by atoms with Gasteiger partial charge >= 0.3 is 0 Å². The average molecular weight is 767 g/mol. The number of nitrogens with two attached hydrogens (primary N) is 2. The maximum absolute atomic E-state index is 13.8. The van der Waals surface area contributed by atoms with Crippen LogP contribution in [0.2, 0.25) is 0 Å². The second-order valence-electron chi connectivity index (χ2n) is 13.4. The van der Waals surface area contributed by atoms with Crippen LogP contribution in [0.25, 0.3) is 22.1 Å². The van der Waals surface area contributed by atoms with E-state index >= 15 is 0 Å². The van der Waals surface area contributed by atoms with Crippen LogP contribution in [0.5, 0.6) is 0 Å². The van der Waals surface area contributed by atoms with Gasteiger partial charge in [-0.2, -0.15) is 20.2 Å². The highest BCUT2D eigenvalue weighted by Gasteiger charge is 2.27. The van der Waals surface area contributed by atoms with Crippen LogP contribution >= 0.6 is 0 Å². The van der Waals surface area contributed by atoms with E-state index in [0.29, 0.717) is 57.9 Å². The fourth-order valence-corrected chi connectivity index (χ4v) is 7.03. The number of fused-ring (bicyclic) bond motifs is 2. The predicted molar refractivity (Wildman–Crippen MR) is 206 cm³/mol. The van der Waals surface area contributed by atoms with Crippen LogP contribution in [-0.2, 0) is 49.7 Å². The van der Waals surface area contributed by atoms with E-state index in [1.807, 2.05) is 23.0 Å². The highest BCUT2D eigenvalue weighted by molar-refractivity contribution is 5.98. The molecule has 0 aliphatic heterocycles. The van der Waals surface area contributed by atoms with Gasteiger partial charge in [0.1, 0.15) is 23.6 Å². The first-order chi connectivity index (χ1) is 26.7. The molecule has 294 valence electrons. The van der Waals surface area contributed by atoms with Crippen molar-refractivity contribution >= 4 is 45.7 Å². The number of ether oxygens (including phenoxy) is 2. The summed E-state index contributed by atoms with van der Waals surface area (Å²) in [4.78, 5) is 61.0. The Kier molecular flexibility index (Phi) is 11.1. The van der Waals surface area contributed by atoms with Crippen LogP contribution in [0.4, 0.5) is 0 Å². The van der Waals surface area contributed by atoms with Crippen LogP contribution in [0.1, 0.15) is 66.9 Å². The molecule has 56 heavy (non-hydrogen) atoms. The van der Waals surface area contributed by atoms with Crippen molar-refractivity contribution in [3.8, 4) is 0 Å². The number of aromatic nitrogens is 8. The largest absolute Gasteiger partial charge is 0.377 e. The SMILES string of the molecule is CCn1nc(C)cc1C(=O)N=c1n(C)c2cc(C(N)=O)ccc2n1C[C@H](OC)[C@@H](Cn1c(=NC(=O)c2cc(C)nn2CC)n(C)c2cc(C(N)=O)ccc21)OC. The lowest BCUT2D eigenvalue weighted by molar-refractivity contribution is -0.0509. The maximum atomic E-state index is 13.8. The van der Waals surface area contributed by atoms with E-state index in [9.17, 15) is 19.2 Å². The molecule has 0 saturated carbocycles. The smallest absolute Gasteiger partial charge is 0.298 e. The van der Waals surface area contributed by atoms with Gasteiger partial charge in [0.2, 0.25) is 23.1 Å². The molecule has 0 spiro atoms. The lowest BCUT2D eigenvalue weighted by Crippen LogP contribution is -2.42. The van der Waals surface area contributed by atoms with Gasteiger partial charge in [-0.1, -0.05) is 0 Å². The van der Waals surface area contributed by atoms with E-state index in [0.717, 1.165) is 0 Å². The molecule has 0 saturated heterocycles. The van der Waals surface area contributed by atoms with Crippen molar-refractivity contribution in [3.63, 3.8) is 0 Å². The van der Waals surface area contributed by atoms with E-state index in [1.165, 1.54) is 0 Å². The van der Waals surface area contributed by atoms with Crippen molar-refractivity contribution < 1.29 is 28.7 Å². The molecule has 0 unspecified atom stereocenters. The van der Waals surface area contributed by atoms with Gasteiger partial charge in [-0.3, -0.25) is 28.5 Å². The third-order valence-electron chi connectivity index (χ3n) is 9.90. The monoisotopic (exact) mass is 766 g/mol. The predicted octanol–water partition coefficient (Wildman–Crippen LogP) is 1.73. The number of amides is 4. The summed E-state index contributed by atoms with van der Waals surface area (Å²) in [5.41, 5.74) is 17.0. The molecular formula is C38H46N12O6. The van der Waals surface area contributed by atoms with E-state index in [4.69, 9.17) is 20.9 Å². The summed E-state index contributed by atoms with van der Waals surface area (Å²) in [6.07, 6.45) is -1.36. The third-order valence-corrected chi connectivity index (χ3v) is 9.90.